The van der Waals surface area contributed by atoms with Gasteiger partial charge in [0.05, 0.1) is 13.0 Å². The van der Waals surface area contributed by atoms with Crippen molar-refractivity contribution in [3.63, 3.8) is 0 Å². The highest BCUT2D eigenvalue weighted by atomic mass is 16.6. The van der Waals surface area contributed by atoms with Crippen LogP contribution in [0, 0.1) is 11.8 Å². The zero-order valence-electron chi connectivity index (χ0n) is 90.2. The van der Waals surface area contributed by atoms with E-state index in [0.29, 0.717) is 83.3 Å². The Labute approximate surface area is 864 Å². The van der Waals surface area contributed by atoms with Crippen molar-refractivity contribution < 1.29 is 120 Å². The van der Waals surface area contributed by atoms with Crippen molar-refractivity contribution >= 4 is 84.0 Å². The fourth-order valence-electron chi connectivity index (χ4n) is 19.2. The van der Waals surface area contributed by atoms with E-state index in [0.717, 1.165) is 93.9 Å². The highest BCUT2D eigenvalue weighted by Crippen LogP contribution is 2.37. The van der Waals surface area contributed by atoms with E-state index in [2.05, 4.69) is 45.2 Å². The molecule has 4 aromatic carbocycles. The third-order valence-corrected chi connectivity index (χ3v) is 26.0. The van der Waals surface area contributed by atoms with Crippen molar-refractivity contribution in [1.82, 2.24) is 50.7 Å². The lowest BCUT2D eigenvalue weighted by atomic mass is 10.0. The molecule has 8 fully saturated rings. The van der Waals surface area contributed by atoms with Crippen LogP contribution in [-0.4, -0.2) is 283 Å². The van der Waals surface area contributed by atoms with Gasteiger partial charge in [-0.25, -0.2) is 33.6 Å². The molecule has 0 spiro atoms. The van der Waals surface area contributed by atoms with E-state index >= 15 is 0 Å². The number of fused-ring (bicyclic) bond motifs is 2. The van der Waals surface area contributed by atoms with Gasteiger partial charge in [0.1, 0.15) is 102 Å². The van der Waals surface area contributed by atoms with Gasteiger partial charge in [-0.3, -0.25) is 33.7 Å². The van der Waals surface area contributed by atoms with Gasteiger partial charge in [0.25, 0.3) is 0 Å². The van der Waals surface area contributed by atoms with Gasteiger partial charge in [0.2, 0.25) is 23.6 Å². The summed E-state index contributed by atoms with van der Waals surface area (Å²) in [5.41, 5.74) is 1.05. The summed E-state index contributed by atoms with van der Waals surface area (Å²) in [7, 11) is 1.35. The van der Waals surface area contributed by atoms with E-state index < -0.39 is 107 Å². The molecule has 8 aliphatic heterocycles. The van der Waals surface area contributed by atoms with Crippen LogP contribution in [-0.2, 0) is 122 Å². The highest BCUT2D eigenvalue weighted by Gasteiger charge is 2.50. The number of aldehydes is 1. The first-order valence-electron chi connectivity index (χ1n) is 52.3. The standard InChI is InChI=1S/C23H34N2O6.C23H32N2O6.C20H26N2O5.C18H27NO3.C15H26N2O3.C12H23NO2/c2*1-5-18(24-22(29)30-15-16-9-7-6-8-10-16)20(27)25-17(13-14-26)11-12-19(25)21(28)31-23(2,3)4;1-14-12-21(20(25)27-13-15-6-4-3-5-7-15)11-10-16-8-9-17(19(24)26-2)22(16)18(14)23;1-18(2,3)22-17(21)16-10-9-15(11-12-20)19(16)13-14-7-5-4-6-8-14;1-10-9-16-8-7-11-5-6-12(17(11)13(10)18)14(19)20-15(2,3)4;1-5-6-9-7-8-10(13-9)11(14)15-12(2,3)4/h6-10,17-19,26H,5,11-15H2,1-4H3,(H,24,29);6-10,14,17-19H,5,11-13,15H2,1-4H3,(H,24,29);3-7,14,16-17H,8-13H2,1-2H3;4-8,15-16,20H,9-13H2,1-3H3;10-12,16H,5-9H2,1-4H3;9-10,13H,5-8H2,1-4H3/t2*17-,18+,19+;14-,16+,17-;15-,16+;10-,11+,12-;9-,10-/m110100/s1. The number of likely N-dealkylation sites (tertiary alicyclic amines) is 3. The molecule has 16 atom stereocenters. The molecule has 12 rings (SSSR count). The van der Waals surface area contributed by atoms with Crippen LogP contribution in [0.4, 0.5) is 14.4 Å². The number of methoxy groups -OCH3 is 1. The molecule has 8 saturated heterocycles. The number of carbonyl (C=O) groups is 14. The minimum atomic E-state index is -0.875. The fraction of sp³-hybridized carbons (Fsp3) is 0.658. The normalized spacial score (nSPS) is 23.5. The number of hydrogen-bond donors (Lipinski definition) is 6. The maximum Gasteiger partial charge on any atom is 0.410 e. The smallest absolute Gasteiger partial charge is 0.410 e. The first-order valence-corrected chi connectivity index (χ1v) is 52.3. The molecule has 7 amide bonds. The Balaban J connectivity index is 0.000000241. The van der Waals surface area contributed by atoms with Crippen LogP contribution in [0.15, 0.2) is 121 Å². The van der Waals surface area contributed by atoms with Crippen molar-refractivity contribution in [2.45, 2.75) is 412 Å². The van der Waals surface area contributed by atoms with Crippen molar-refractivity contribution in [3.05, 3.63) is 144 Å². The van der Waals surface area contributed by atoms with Crippen LogP contribution in [0.3, 0.4) is 0 Å². The number of hydrogen-bond acceptors (Lipinski definition) is 28. The van der Waals surface area contributed by atoms with Crippen molar-refractivity contribution in [2.75, 3.05) is 46.5 Å². The highest BCUT2D eigenvalue weighted by molar-refractivity contribution is 5.93. The number of nitrogens with zero attached hydrogens (tertiary/aromatic N) is 6. The maximum absolute atomic E-state index is 13.3. The van der Waals surface area contributed by atoms with Gasteiger partial charge in [-0.15, -0.1) is 0 Å². The lowest BCUT2D eigenvalue weighted by molar-refractivity contribution is -0.165. The number of amides is 7. The lowest BCUT2D eigenvalue weighted by Gasteiger charge is -2.36. The summed E-state index contributed by atoms with van der Waals surface area (Å²) in [4.78, 5) is 184. The SMILES string of the molecule is CC(C)(C)OC(=O)[C@@H]1CC[C@H](CCO)N1Cc1ccccc1.CCC[C@H]1CC[C@@H](C(=O)OC(C)(C)C)N1.CC[C@H](NC(=O)OCc1ccccc1)C(=O)N1[C@@H](CC=O)CC[C@H]1C(=O)OC(C)(C)C.CC[C@H](NC(=O)OCc1ccccc1)C(=O)N1[C@@H](CCO)CC[C@H]1C(=O)OC(C)(C)C.COC(=O)[C@@H]1CC[C@@H]2CCN(C(=O)OCc3ccccc3)C[C@H](C)C(=O)N21.C[C@H]1CNCC[C@H]2CC[C@@H](C(=O)OC(C)(C)C)N2C1=O. The predicted octanol–water partition coefficient (Wildman–Crippen LogP) is 14.3. The molecule has 0 unspecified atom stereocenters. The topological polar surface area (TPSA) is 430 Å². The predicted molar refractivity (Wildman–Crippen MR) is 550 cm³/mol. The molecule has 0 aliphatic carbocycles. The Morgan fingerprint density at radius 1 is 0.432 bits per heavy atom. The number of benzene rings is 4. The van der Waals surface area contributed by atoms with Gasteiger partial charge in [0, 0.05) is 88.0 Å². The minimum Gasteiger partial charge on any atom is -0.467 e. The van der Waals surface area contributed by atoms with E-state index in [1.54, 1.807) is 77.0 Å². The lowest BCUT2D eigenvalue weighted by Crippen LogP contribution is -2.54. The molecule has 0 bridgehead atoms. The number of ether oxygens (including phenoxy) is 9. The molecule has 146 heavy (non-hydrogen) atoms. The number of nitrogens with one attached hydrogen (secondary N) is 4. The average molecular weight is 2040 g/mol. The molecular weight excluding hydrogens is 1870 g/mol. The van der Waals surface area contributed by atoms with Gasteiger partial charge >= 0.3 is 54.1 Å². The van der Waals surface area contributed by atoms with Gasteiger partial charge in [-0.1, -0.05) is 162 Å². The Bertz CT molecular complexity index is 4790. The number of aliphatic hydroxyl groups is 2. The largest absolute Gasteiger partial charge is 0.467 e. The zero-order chi connectivity index (χ0) is 108. The molecule has 0 radical (unpaired) electrons. The first-order chi connectivity index (χ1) is 68.9. The molecule has 0 aromatic heterocycles. The molecule has 6 N–H and O–H groups in total. The summed E-state index contributed by atoms with van der Waals surface area (Å²) in [5.74, 6) is -3.13. The van der Waals surface area contributed by atoms with Crippen LogP contribution in [0.25, 0.3) is 0 Å². The van der Waals surface area contributed by atoms with E-state index in [-0.39, 0.29) is 135 Å². The summed E-state index contributed by atoms with van der Waals surface area (Å²) >= 11 is 0. The molecule has 35 heteroatoms. The van der Waals surface area contributed by atoms with Crippen LogP contribution in [0.1, 0.15) is 296 Å². The van der Waals surface area contributed by atoms with Crippen LogP contribution < -0.4 is 21.3 Å². The monoisotopic (exact) mass is 2040 g/mol. The number of carbonyl (C=O) groups excluding carboxylic acids is 14. The summed E-state index contributed by atoms with van der Waals surface area (Å²) < 4.78 is 48.1. The van der Waals surface area contributed by atoms with Crippen LogP contribution in [0.5, 0.6) is 0 Å². The molecule has 8 heterocycles. The van der Waals surface area contributed by atoms with Crippen LogP contribution in [0.2, 0.25) is 0 Å². The maximum atomic E-state index is 13.3. The quantitative estimate of drug-likeness (QED) is 0.0175. The zero-order valence-corrected chi connectivity index (χ0v) is 90.2. The van der Waals surface area contributed by atoms with Crippen molar-refractivity contribution in [3.8, 4) is 0 Å². The van der Waals surface area contributed by atoms with Gasteiger partial charge in [-0.05, 0) is 255 Å². The summed E-state index contributed by atoms with van der Waals surface area (Å²) in [6, 6.07) is 33.8. The molecule has 812 valence electrons. The van der Waals surface area contributed by atoms with E-state index in [9.17, 15) is 77.3 Å². The molecule has 0 saturated carbocycles. The number of esters is 6. The second-order valence-corrected chi connectivity index (χ2v) is 43.7. The molecule has 8 aliphatic rings. The van der Waals surface area contributed by atoms with Crippen LogP contribution >= 0.6 is 0 Å². The fourth-order valence-corrected chi connectivity index (χ4v) is 19.2. The summed E-state index contributed by atoms with van der Waals surface area (Å²) in [6.45, 7) is 40.5. The first kappa shape index (κ1) is 122. The van der Waals surface area contributed by atoms with E-state index in [1.165, 1.54) is 28.9 Å². The van der Waals surface area contributed by atoms with Gasteiger partial charge < -0.3 is 103 Å². The number of rotatable bonds is 28. The molecular formula is C111H168N10O25. The van der Waals surface area contributed by atoms with Gasteiger partial charge in [0.15, 0.2) is 0 Å². The third-order valence-electron chi connectivity index (χ3n) is 26.0. The summed E-state index contributed by atoms with van der Waals surface area (Å²) in [6.07, 6.45) is 13.3. The number of aliphatic hydroxyl groups excluding tert-OH is 2. The Morgan fingerprint density at radius 3 is 1.25 bits per heavy atom. The van der Waals surface area contributed by atoms with E-state index in [4.69, 9.17) is 42.6 Å². The van der Waals surface area contributed by atoms with Crippen molar-refractivity contribution in [1.29, 1.82) is 0 Å². The average Bonchev–Trinajstić information content (AvgIpc) is 1.35. The second kappa shape index (κ2) is 58.6. The summed E-state index contributed by atoms with van der Waals surface area (Å²) in [5, 5.41) is 30.5. The minimum absolute atomic E-state index is 0.0474. The van der Waals surface area contributed by atoms with Crippen molar-refractivity contribution in [2.24, 2.45) is 11.8 Å². The van der Waals surface area contributed by atoms with Gasteiger partial charge in [-0.2, -0.15) is 0 Å². The van der Waals surface area contributed by atoms with E-state index in [1.807, 2.05) is 178 Å². The molecule has 35 nitrogen and oxygen atoms in total. The third kappa shape index (κ3) is 39.8. The molecule has 4 aromatic rings. The number of alkyl carbamates (subject to hydrolysis) is 2. The Hall–Kier alpha value is -11.1. The Morgan fingerprint density at radius 2 is 0.815 bits per heavy atom. The Kier molecular flexibility index (Phi) is 48.9. The second-order valence-electron chi connectivity index (χ2n) is 43.7.